The minimum Gasteiger partial charge on any atom is -0.493 e. The molecule has 2 nitrogen and oxygen atoms in total. The lowest BCUT2D eigenvalue weighted by Gasteiger charge is -2.30. The van der Waals surface area contributed by atoms with Gasteiger partial charge in [0.05, 0.1) is 6.61 Å². The smallest absolute Gasteiger partial charge is 0.122 e. The summed E-state index contributed by atoms with van der Waals surface area (Å²) in [6.07, 6.45) is 6.26. The number of hydrogen-bond acceptors (Lipinski definition) is 2. The van der Waals surface area contributed by atoms with Gasteiger partial charge in [0, 0.05) is 6.04 Å². The molecule has 2 heteroatoms. The Bertz CT molecular complexity index is 375. The summed E-state index contributed by atoms with van der Waals surface area (Å²) in [5.41, 5.74) is 1.42. The van der Waals surface area contributed by atoms with Gasteiger partial charge in [-0.2, -0.15) is 0 Å². The summed E-state index contributed by atoms with van der Waals surface area (Å²) < 4.78 is 5.91. The summed E-state index contributed by atoms with van der Waals surface area (Å²) in [4.78, 5) is 0. The zero-order chi connectivity index (χ0) is 13.5. The van der Waals surface area contributed by atoms with Crippen molar-refractivity contribution >= 4 is 0 Å². The normalized spacial score (nSPS) is 23.3. The van der Waals surface area contributed by atoms with Crippen molar-refractivity contribution in [1.29, 1.82) is 0 Å². The molecule has 0 bridgehead atoms. The van der Waals surface area contributed by atoms with E-state index in [9.17, 15) is 0 Å². The Morgan fingerprint density at radius 2 is 2.05 bits per heavy atom. The molecule has 1 aliphatic carbocycles. The number of para-hydroxylation sites is 1. The first-order chi connectivity index (χ1) is 9.35. The van der Waals surface area contributed by atoms with Crippen LogP contribution >= 0.6 is 0 Å². The van der Waals surface area contributed by atoms with Gasteiger partial charge in [-0.3, -0.25) is 0 Å². The van der Waals surface area contributed by atoms with Crippen molar-refractivity contribution in [1.82, 2.24) is 5.32 Å². The predicted molar refractivity (Wildman–Crippen MR) is 80.9 cm³/mol. The van der Waals surface area contributed by atoms with E-state index in [-0.39, 0.29) is 0 Å². The van der Waals surface area contributed by atoms with Crippen LogP contribution in [0.1, 0.15) is 57.4 Å². The van der Waals surface area contributed by atoms with E-state index in [0.717, 1.165) is 25.3 Å². The van der Waals surface area contributed by atoms with Crippen molar-refractivity contribution in [3.63, 3.8) is 0 Å². The summed E-state index contributed by atoms with van der Waals surface area (Å²) in [5.74, 6) is 1.76. The largest absolute Gasteiger partial charge is 0.493 e. The minimum absolute atomic E-state index is 0.658. The van der Waals surface area contributed by atoms with Crippen LogP contribution in [-0.4, -0.2) is 19.2 Å². The Kier molecular flexibility index (Phi) is 5.71. The Morgan fingerprint density at radius 1 is 1.21 bits per heavy atom. The molecule has 1 aromatic rings. The van der Waals surface area contributed by atoms with Crippen LogP contribution in [0.2, 0.25) is 0 Å². The maximum absolute atomic E-state index is 5.91. The molecule has 1 aromatic carbocycles. The average molecular weight is 261 g/mol. The minimum atomic E-state index is 0.658. The van der Waals surface area contributed by atoms with Crippen molar-refractivity contribution in [2.45, 2.75) is 57.9 Å². The Labute approximate surface area is 117 Å². The Hall–Kier alpha value is -1.02. The van der Waals surface area contributed by atoms with E-state index in [0.29, 0.717) is 12.0 Å². The molecule has 0 aliphatic heterocycles. The van der Waals surface area contributed by atoms with Crippen molar-refractivity contribution in [3.8, 4) is 5.75 Å². The zero-order valence-electron chi connectivity index (χ0n) is 12.3. The standard InChI is InChI=1S/C17H27NO/c1-3-12-19-17-11-6-5-10-16(17)14-8-7-9-15(13-14)18-4-2/h5-6,10-11,14-15,18H,3-4,7-9,12-13H2,1-2H3. The molecule has 0 aromatic heterocycles. The monoisotopic (exact) mass is 261 g/mol. The molecule has 1 N–H and O–H groups in total. The fourth-order valence-corrected chi connectivity index (χ4v) is 3.11. The SMILES string of the molecule is CCCOc1ccccc1C1CCCC(NCC)C1. The molecular formula is C17H27NO. The summed E-state index contributed by atoms with van der Waals surface area (Å²) >= 11 is 0. The first-order valence-electron chi connectivity index (χ1n) is 7.80. The number of ether oxygens (including phenoxy) is 1. The van der Waals surface area contributed by atoms with Crippen molar-refractivity contribution < 1.29 is 4.74 Å². The third-order valence-corrected chi connectivity index (χ3v) is 3.99. The van der Waals surface area contributed by atoms with Gasteiger partial charge in [-0.25, -0.2) is 0 Å². The molecule has 1 aliphatic rings. The zero-order valence-corrected chi connectivity index (χ0v) is 12.3. The fourth-order valence-electron chi connectivity index (χ4n) is 3.11. The molecule has 0 heterocycles. The molecule has 19 heavy (non-hydrogen) atoms. The van der Waals surface area contributed by atoms with E-state index in [1.807, 2.05) is 0 Å². The van der Waals surface area contributed by atoms with E-state index >= 15 is 0 Å². The summed E-state index contributed by atoms with van der Waals surface area (Å²) in [6, 6.07) is 9.29. The lowest BCUT2D eigenvalue weighted by Crippen LogP contribution is -2.33. The van der Waals surface area contributed by atoms with Crippen LogP contribution in [-0.2, 0) is 0 Å². The van der Waals surface area contributed by atoms with Gasteiger partial charge < -0.3 is 10.1 Å². The van der Waals surface area contributed by atoms with Gasteiger partial charge in [0.25, 0.3) is 0 Å². The lowest BCUT2D eigenvalue weighted by atomic mass is 9.81. The van der Waals surface area contributed by atoms with Crippen LogP contribution in [0.5, 0.6) is 5.75 Å². The van der Waals surface area contributed by atoms with Gasteiger partial charge in [0.1, 0.15) is 5.75 Å². The summed E-state index contributed by atoms with van der Waals surface area (Å²) in [5, 5.41) is 3.61. The second kappa shape index (κ2) is 7.54. The third kappa shape index (κ3) is 3.97. The van der Waals surface area contributed by atoms with Crippen LogP contribution in [0.3, 0.4) is 0 Å². The number of benzene rings is 1. The van der Waals surface area contributed by atoms with Crippen molar-refractivity contribution in [2.24, 2.45) is 0 Å². The van der Waals surface area contributed by atoms with Gasteiger partial charge >= 0.3 is 0 Å². The van der Waals surface area contributed by atoms with Crippen LogP contribution in [0.15, 0.2) is 24.3 Å². The van der Waals surface area contributed by atoms with Gasteiger partial charge in [-0.15, -0.1) is 0 Å². The second-order valence-electron chi connectivity index (χ2n) is 5.50. The summed E-state index contributed by atoms with van der Waals surface area (Å²) in [7, 11) is 0. The molecule has 0 radical (unpaired) electrons. The predicted octanol–water partition coefficient (Wildman–Crippen LogP) is 4.11. The van der Waals surface area contributed by atoms with Gasteiger partial charge in [0.15, 0.2) is 0 Å². The lowest BCUT2D eigenvalue weighted by molar-refractivity contribution is 0.299. The molecule has 1 fully saturated rings. The highest BCUT2D eigenvalue weighted by molar-refractivity contribution is 5.36. The van der Waals surface area contributed by atoms with Crippen LogP contribution < -0.4 is 10.1 Å². The van der Waals surface area contributed by atoms with Crippen LogP contribution in [0.25, 0.3) is 0 Å². The van der Waals surface area contributed by atoms with Crippen LogP contribution in [0.4, 0.5) is 0 Å². The highest BCUT2D eigenvalue weighted by atomic mass is 16.5. The Balaban J connectivity index is 2.07. The van der Waals surface area contributed by atoms with E-state index in [2.05, 4.69) is 43.4 Å². The second-order valence-corrected chi connectivity index (χ2v) is 5.50. The van der Waals surface area contributed by atoms with E-state index in [1.54, 1.807) is 0 Å². The average Bonchev–Trinajstić information content (AvgIpc) is 2.46. The third-order valence-electron chi connectivity index (χ3n) is 3.99. The van der Waals surface area contributed by atoms with Crippen molar-refractivity contribution in [2.75, 3.05) is 13.2 Å². The van der Waals surface area contributed by atoms with Crippen molar-refractivity contribution in [3.05, 3.63) is 29.8 Å². The fraction of sp³-hybridized carbons (Fsp3) is 0.647. The molecular weight excluding hydrogens is 234 g/mol. The number of nitrogens with one attached hydrogen (secondary N) is 1. The molecule has 0 spiro atoms. The van der Waals surface area contributed by atoms with Gasteiger partial charge in [-0.05, 0) is 49.8 Å². The highest BCUT2D eigenvalue weighted by Gasteiger charge is 2.24. The summed E-state index contributed by atoms with van der Waals surface area (Å²) in [6.45, 7) is 6.25. The maximum atomic E-state index is 5.91. The van der Waals surface area contributed by atoms with Crippen LogP contribution in [0, 0.1) is 0 Å². The topological polar surface area (TPSA) is 21.3 Å². The van der Waals surface area contributed by atoms with E-state index < -0.39 is 0 Å². The number of hydrogen-bond donors (Lipinski definition) is 1. The molecule has 0 amide bonds. The Morgan fingerprint density at radius 3 is 2.84 bits per heavy atom. The molecule has 2 atom stereocenters. The van der Waals surface area contributed by atoms with Gasteiger partial charge in [-0.1, -0.05) is 38.5 Å². The van der Waals surface area contributed by atoms with E-state index in [4.69, 9.17) is 4.74 Å². The molecule has 106 valence electrons. The first kappa shape index (κ1) is 14.4. The number of rotatable bonds is 6. The molecule has 2 unspecified atom stereocenters. The first-order valence-corrected chi connectivity index (χ1v) is 7.80. The molecule has 2 rings (SSSR count). The van der Waals surface area contributed by atoms with E-state index in [1.165, 1.54) is 31.2 Å². The molecule has 1 saturated carbocycles. The van der Waals surface area contributed by atoms with Gasteiger partial charge in [0.2, 0.25) is 0 Å². The highest BCUT2D eigenvalue weighted by Crippen LogP contribution is 2.37. The quantitative estimate of drug-likeness (QED) is 0.832. The maximum Gasteiger partial charge on any atom is 0.122 e. The molecule has 0 saturated heterocycles.